The van der Waals surface area contributed by atoms with Crippen LogP contribution in [0.4, 0.5) is 4.79 Å². The highest BCUT2D eigenvalue weighted by Crippen LogP contribution is 2.21. The molecule has 0 bridgehead atoms. The zero-order valence-corrected chi connectivity index (χ0v) is 10.9. The van der Waals surface area contributed by atoms with Crippen molar-refractivity contribution in [1.29, 1.82) is 0 Å². The summed E-state index contributed by atoms with van der Waals surface area (Å²) in [5, 5.41) is 14.1. The minimum atomic E-state index is -1.09. The topological polar surface area (TPSA) is 78.4 Å². The Morgan fingerprint density at radius 3 is 2.39 bits per heavy atom. The van der Waals surface area contributed by atoms with Gasteiger partial charge in [0, 0.05) is 5.02 Å². The van der Waals surface area contributed by atoms with Crippen molar-refractivity contribution in [3.63, 3.8) is 0 Å². The number of nitrogens with one attached hydrogen (secondary N) is 2. The maximum Gasteiger partial charge on any atom is 0.325 e. The molecule has 3 N–H and O–H groups in total. The first-order valence-electron chi connectivity index (χ1n) is 5.46. The minimum absolute atomic E-state index is 0.306. The summed E-state index contributed by atoms with van der Waals surface area (Å²) in [6.45, 7) is 3.16. The van der Waals surface area contributed by atoms with Crippen LogP contribution in [0.3, 0.4) is 0 Å². The van der Waals surface area contributed by atoms with Gasteiger partial charge < -0.3 is 15.7 Å². The number of benzene rings is 1. The van der Waals surface area contributed by atoms with Gasteiger partial charge in [-0.05, 0) is 25.5 Å². The summed E-state index contributed by atoms with van der Waals surface area (Å²) in [5.41, 5.74) is 0.775. The van der Waals surface area contributed by atoms with Gasteiger partial charge in [0.2, 0.25) is 0 Å². The molecule has 0 aliphatic rings. The van der Waals surface area contributed by atoms with Crippen molar-refractivity contribution in [1.82, 2.24) is 10.6 Å². The Morgan fingerprint density at radius 1 is 1.22 bits per heavy atom. The molecule has 1 rings (SSSR count). The highest BCUT2D eigenvalue weighted by atomic mass is 35.5. The van der Waals surface area contributed by atoms with Gasteiger partial charge in [-0.2, -0.15) is 0 Å². The summed E-state index contributed by atoms with van der Waals surface area (Å²) in [5.74, 6) is -1.09. The Balaban J connectivity index is 2.60. The molecule has 0 saturated carbocycles. The third kappa shape index (κ3) is 3.92. The van der Waals surface area contributed by atoms with Crippen LogP contribution in [0.5, 0.6) is 0 Å². The van der Waals surface area contributed by atoms with Crippen molar-refractivity contribution in [2.45, 2.75) is 25.9 Å². The zero-order chi connectivity index (χ0) is 13.7. The van der Waals surface area contributed by atoms with Crippen LogP contribution < -0.4 is 10.6 Å². The molecule has 6 heteroatoms. The number of aliphatic carboxylic acids is 1. The quantitative estimate of drug-likeness (QED) is 0.785. The van der Waals surface area contributed by atoms with E-state index in [1.54, 1.807) is 25.1 Å². The second kappa shape index (κ2) is 6.26. The monoisotopic (exact) mass is 270 g/mol. The smallest absolute Gasteiger partial charge is 0.325 e. The summed E-state index contributed by atoms with van der Waals surface area (Å²) < 4.78 is 0. The van der Waals surface area contributed by atoms with E-state index in [-0.39, 0.29) is 6.04 Å². The van der Waals surface area contributed by atoms with Gasteiger partial charge >= 0.3 is 12.0 Å². The van der Waals surface area contributed by atoms with Crippen molar-refractivity contribution in [3.05, 3.63) is 34.9 Å². The summed E-state index contributed by atoms with van der Waals surface area (Å²) in [6, 6.07) is 5.35. The maximum absolute atomic E-state index is 11.5. The first-order chi connectivity index (χ1) is 8.41. The van der Waals surface area contributed by atoms with E-state index in [4.69, 9.17) is 16.7 Å². The maximum atomic E-state index is 11.5. The molecular weight excluding hydrogens is 256 g/mol. The van der Waals surface area contributed by atoms with Crippen molar-refractivity contribution in [2.75, 3.05) is 0 Å². The van der Waals surface area contributed by atoms with Gasteiger partial charge in [0.15, 0.2) is 0 Å². The van der Waals surface area contributed by atoms with Crippen LogP contribution in [0.25, 0.3) is 0 Å². The SMILES string of the molecule is CC(NC(=O)N[C@H](C)C(=O)O)c1ccccc1Cl. The van der Waals surface area contributed by atoms with Crippen molar-refractivity contribution in [3.8, 4) is 0 Å². The van der Waals surface area contributed by atoms with Crippen LogP contribution in [0.15, 0.2) is 24.3 Å². The highest BCUT2D eigenvalue weighted by molar-refractivity contribution is 6.31. The van der Waals surface area contributed by atoms with Crippen LogP contribution in [0, 0.1) is 0 Å². The van der Waals surface area contributed by atoms with Crippen LogP contribution in [-0.4, -0.2) is 23.1 Å². The van der Waals surface area contributed by atoms with E-state index in [2.05, 4.69) is 10.6 Å². The number of carbonyl (C=O) groups excluding carboxylic acids is 1. The average Bonchev–Trinajstić information content (AvgIpc) is 2.28. The third-order valence-corrected chi connectivity index (χ3v) is 2.78. The Labute approximate surface area is 110 Å². The summed E-state index contributed by atoms with van der Waals surface area (Å²) >= 11 is 5.99. The van der Waals surface area contributed by atoms with E-state index < -0.39 is 18.0 Å². The van der Waals surface area contributed by atoms with Gasteiger partial charge in [0.25, 0.3) is 0 Å². The van der Waals surface area contributed by atoms with Crippen molar-refractivity contribution < 1.29 is 14.7 Å². The number of hydrogen-bond acceptors (Lipinski definition) is 2. The summed E-state index contributed by atoms with van der Waals surface area (Å²) in [6.07, 6.45) is 0. The van der Waals surface area contributed by atoms with Gasteiger partial charge in [-0.3, -0.25) is 4.79 Å². The molecule has 18 heavy (non-hydrogen) atoms. The Bertz CT molecular complexity index is 451. The molecule has 1 unspecified atom stereocenters. The molecule has 5 nitrogen and oxygen atoms in total. The van der Waals surface area contributed by atoms with Crippen LogP contribution >= 0.6 is 11.6 Å². The second-order valence-corrected chi connectivity index (χ2v) is 4.33. The highest BCUT2D eigenvalue weighted by Gasteiger charge is 2.16. The van der Waals surface area contributed by atoms with Crippen molar-refractivity contribution >= 4 is 23.6 Å². The van der Waals surface area contributed by atoms with Crippen molar-refractivity contribution in [2.24, 2.45) is 0 Å². The lowest BCUT2D eigenvalue weighted by Gasteiger charge is -2.17. The number of rotatable bonds is 4. The molecule has 1 aromatic rings. The fraction of sp³-hybridized carbons (Fsp3) is 0.333. The van der Waals surface area contributed by atoms with Gasteiger partial charge in [-0.15, -0.1) is 0 Å². The molecule has 0 spiro atoms. The second-order valence-electron chi connectivity index (χ2n) is 3.92. The molecule has 0 fully saturated rings. The Hall–Kier alpha value is -1.75. The first kappa shape index (κ1) is 14.3. The molecule has 0 saturated heterocycles. The van der Waals surface area contributed by atoms with E-state index >= 15 is 0 Å². The Kier molecular flexibility index (Phi) is 4.97. The number of hydrogen-bond donors (Lipinski definition) is 3. The number of carboxylic acid groups (broad SMARTS) is 1. The molecule has 0 heterocycles. The number of urea groups is 1. The fourth-order valence-corrected chi connectivity index (χ4v) is 1.70. The van der Waals surface area contributed by atoms with E-state index in [1.807, 2.05) is 6.07 Å². The molecule has 0 radical (unpaired) electrons. The fourth-order valence-electron chi connectivity index (χ4n) is 1.40. The van der Waals surface area contributed by atoms with E-state index in [1.165, 1.54) is 6.92 Å². The van der Waals surface area contributed by atoms with Crippen LogP contribution in [0.2, 0.25) is 5.02 Å². The van der Waals surface area contributed by atoms with E-state index in [0.29, 0.717) is 5.02 Å². The largest absolute Gasteiger partial charge is 0.480 e. The molecule has 0 aliphatic carbocycles. The molecule has 98 valence electrons. The van der Waals surface area contributed by atoms with Crippen LogP contribution in [0.1, 0.15) is 25.5 Å². The number of amides is 2. The summed E-state index contributed by atoms with van der Waals surface area (Å²) in [7, 11) is 0. The van der Waals surface area contributed by atoms with E-state index in [0.717, 1.165) is 5.56 Å². The van der Waals surface area contributed by atoms with Crippen LogP contribution in [-0.2, 0) is 4.79 Å². The zero-order valence-electron chi connectivity index (χ0n) is 10.1. The van der Waals surface area contributed by atoms with E-state index in [9.17, 15) is 9.59 Å². The summed E-state index contributed by atoms with van der Waals surface area (Å²) in [4.78, 5) is 22.1. The van der Waals surface area contributed by atoms with Gasteiger partial charge in [-0.25, -0.2) is 4.79 Å². The lowest BCUT2D eigenvalue weighted by Crippen LogP contribution is -2.45. The Morgan fingerprint density at radius 2 is 1.83 bits per heavy atom. The third-order valence-electron chi connectivity index (χ3n) is 2.44. The van der Waals surface area contributed by atoms with Gasteiger partial charge in [0.05, 0.1) is 6.04 Å². The average molecular weight is 271 g/mol. The number of halogens is 1. The predicted molar refractivity (Wildman–Crippen MR) is 68.6 cm³/mol. The minimum Gasteiger partial charge on any atom is -0.480 e. The lowest BCUT2D eigenvalue weighted by molar-refractivity contribution is -0.138. The molecular formula is C12H15ClN2O3. The first-order valence-corrected chi connectivity index (χ1v) is 5.84. The molecule has 2 amide bonds. The molecule has 0 aromatic heterocycles. The standard InChI is InChI=1S/C12H15ClN2O3/c1-7(9-5-3-4-6-10(9)13)14-12(18)15-8(2)11(16)17/h3-8H,1-2H3,(H,16,17)(H2,14,15,18)/t7?,8-/m1/s1. The van der Waals surface area contributed by atoms with Gasteiger partial charge in [-0.1, -0.05) is 29.8 Å². The lowest BCUT2D eigenvalue weighted by atomic mass is 10.1. The molecule has 2 atom stereocenters. The number of carbonyl (C=O) groups is 2. The number of carboxylic acids is 1. The predicted octanol–water partition coefficient (Wildman–Crippen LogP) is 2.17. The molecule has 1 aromatic carbocycles. The molecule has 0 aliphatic heterocycles. The van der Waals surface area contributed by atoms with Gasteiger partial charge in [0.1, 0.15) is 6.04 Å². The normalized spacial score (nSPS) is 13.5.